The second-order valence-corrected chi connectivity index (χ2v) is 31.6. The Morgan fingerprint density at radius 2 is 0.632 bits per heavy atom. The van der Waals surface area contributed by atoms with Crippen molar-refractivity contribution in [1.82, 2.24) is 0 Å². The lowest BCUT2D eigenvalue weighted by Crippen LogP contribution is -2.56. The Kier molecular flexibility index (Phi) is 13.1. The van der Waals surface area contributed by atoms with Gasteiger partial charge in [-0.3, -0.25) is 0 Å². The molecule has 3 heteroatoms. The van der Waals surface area contributed by atoms with Gasteiger partial charge in [0, 0.05) is 50.4 Å². The quantitative estimate of drug-likeness (QED) is 0.126. The average Bonchev–Trinajstić information content (AvgIpc) is 1.66. The van der Waals surface area contributed by atoms with E-state index < -0.39 is 0 Å². The Hall–Kier alpha value is -8.66. The average molecular weight is 1240 g/mol. The molecule has 6 aliphatic rings. The molecule has 12 aromatic carbocycles. The number of anilines is 6. The van der Waals surface area contributed by atoms with Crippen LogP contribution in [0.1, 0.15) is 156 Å². The zero-order chi connectivity index (χ0) is 64.5. The molecule has 0 bridgehead atoms. The number of para-hydroxylation sites is 3. The number of rotatable bonds is 10. The number of fused-ring (bicyclic) bond motifs is 10. The van der Waals surface area contributed by atoms with Gasteiger partial charge < -0.3 is 14.7 Å². The van der Waals surface area contributed by atoms with Gasteiger partial charge in [-0.25, -0.2) is 0 Å². The summed E-state index contributed by atoms with van der Waals surface area (Å²) >= 11 is 0. The van der Waals surface area contributed by atoms with E-state index >= 15 is 0 Å². The van der Waals surface area contributed by atoms with Gasteiger partial charge in [-0.15, -0.1) is 0 Å². The molecule has 3 aliphatic carbocycles. The second kappa shape index (κ2) is 21.2. The highest BCUT2D eigenvalue weighted by Crippen LogP contribution is 2.67. The van der Waals surface area contributed by atoms with Crippen LogP contribution in [0.15, 0.2) is 224 Å². The third-order valence-electron chi connectivity index (χ3n) is 27.4. The van der Waals surface area contributed by atoms with Crippen molar-refractivity contribution in [2.75, 3.05) is 14.7 Å². The first kappa shape index (κ1) is 58.9. The second-order valence-electron chi connectivity index (χ2n) is 31.6. The van der Waals surface area contributed by atoms with Crippen LogP contribution in [0.25, 0.3) is 87.6 Å². The molecule has 3 saturated carbocycles. The standard InChI is InChI=1S/C92H91N3/c1-10-59-45-48-90(7)87(4,56-59)79-51-63(35-42-82(79)93(90)66-27-16-13-17-28-66)75-54-76(64-36-43-83-80(52-64)88(5)57-60(11-2)46-49-91(88,8)94(83)67-29-18-14-19-30-67)72-40-41-74-78(70-34-24-26-62-25-22-23-33-69(62)70)55-77(73-39-38-71(75)85(72)86(73)74)65-37-44-84-81(53-65)89(6)58-61(12-3)47-50-92(89,9)95(84)68-31-20-15-21-32-68/h13-44,51-55,59-61H,10-12,45-50,56-58H2,1-9H3. The summed E-state index contributed by atoms with van der Waals surface area (Å²) in [6.07, 6.45) is 14.4. The minimum Gasteiger partial charge on any atom is -0.334 e. The summed E-state index contributed by atoms with van der Waals surface area (Å²) in [5.41, 5.74) is 22.5. The first-order valence-electron chi connectivity index (χ1n) is 36.4. The lowest BCUT2D eigenvalue weighted by atomic mass is 9.58. The van der Waals surface area contributed by atoms with Crippen LogP contribution in [0, 0.1) is 17.8 Å². The molecule has 0 radical (unpaired) electrons. The van der Waals surface area contributed by atoms with Gasteiger partial charge >= 0.3 is 0 Å². The highest BCUT2D eigenvalue weighted by atomic mass is 15.3. The van der Waals surface area contributed by atoms with Crippen LogP contribution >= 0.6 is 0 Å². The molecule has 0 amide bonds. The number of hydrogen-bond acceptors (Lipinski definition) is 3. The molecule has 18 rings (SSSR count). The van der Waals surface area contributed by atoms with Crippen LogP contribution in [0.3, 0.4) is 0 Å². The summed E-state index contributed by atoms with van der Waals surface area (Å²) < 4.78 is 0. The van der Waals surface area contributed by atoms with E-state index in [4.69, 9.17) is 0 Å². The van der Waals surface area contributed by atoms with Crippen molar-refractivity contribution < 1.29 is 0 Å². The third kappa shape index (κ3) is 8.05. The van der Waals surface area contributed by atoms with Crippen molar-refractivity contribution in [1.29, 1.82) is 0 Å². The number of hydrogen-bond donors (Lipinski definition) is 0. The highest BCUT2D eigenvalue weighted by molar-refractivity contribution is 6.32. The van der Waals surface area contributed by atoms with Crippen LogP contribution in [0.2, 0.25) is 0 Å². The summed E-state index contributed by atoms with van der Waals surface area (Å²) in [6.45, 7) is 22.9. The summed E-state index contributed by atoms with van der Waals surface area (Å²) in [4.78, 5) is 8.26. The fraction of sp³-hybridized carbons (Fsp3) is 0.326. The first-order valence-corrected chi connectivity index (χ1v) is 36.4. The van der Waals surface area contributed by atoms with Crippen molar-refractivity contribution in [3.05, 3.63) is 241 Å². The molecule has 9 unspecified atom stereocenters. The summed E-state index contributed by atoms with van der Waals surface area (Å²) in [6, 6.07) is 88.5. The fourth-order valence-electron chi connectivity index (χ4n) is 21.5. The lowest BCUT2D eigenvalue weighted by molar-refractivity contribution is 0.143. The molecule has 3 nitrogen and oxygen atoms in total. The third-order valence-corrected chi connectivity index (χ3v) is 27.4. The van der Waals surface area contributed by atoms with E-state index in [9.17, 15) is 0 Å². The van der Waals surface area contributed by atoms with Crippen molar-refractivity contribution in [2.24, 2.45) is 17.8 Å². The SMILES string of the molecule is CCC1CCC2(C)N(c3ccccc3)c3ccc(-c4cc(-c5ccc6c(c5)C5(C)CC(CC)CCC5(C)N6c5ccccc5)c5ccc6c(-c7cccc8ccccc78)cc(-c7ccc8c(c7)C7(C)CC(CC)CCC7(C)N8c7ccccc7)c7ccc4c5c76)cc3C2(C)C1. The summed E-state index contributed by atoms with van der Waals surface area (Å²) in [7, 11) is 0. The van der Waals surface area contributed by atoms with E-state index in [2.05, 4.69) is 301 Å². The zero-order valence-corrected chi connectivity index (χ0v) is 57.4. The fourth-order valence-corrected chi connectivity index (χ4v) is 21.5. The Bertz CT molecular complexity index is 4890. The first-order chi connectivity index (χ1) is 46.1. The maximum Gasteiger partial charge on any atom is 0.0518 e. The Balaban J connectivity index is 0.931. The molecule has 12 aromatic rings. The lowest BCUT2D eigenvalue weighted by Gasteiger charge is -2.52. The number of nitrogens with zero attached hydrogens (tertiary/aromatic N) is 3. The maximum atomic E-state index is 2.76. The predicted molar refractivity (Wildman–Crippen MR) is 405 cm³/mol. The largest absolute Gasteiger partial charge is 0.334 e. The van der Waals surface area contributed by atoms with Gasteiger partial charge in [-0.2, -0.15) is 0 Å². The van der Waals surface area contributed by atoms with Gasteiger partial charge in [0.1, 0.15) is 0 Å². The van der Waals surface area contributed by atoms with Gasteiger partial charge in [0.25, 0.3) is 0 Å². The molecule has 3 heterocycles. The van der Waals surface area contributed by atoms with Crippen LogP contribution in [0.5, 0.6) is 0 Å². The minimum absolute atomic E-state index is 0.0612. The molecular formula is C92H91N3. The zero-order valence-electron chi connectivity index (χ0n) is 57.4. The minimum atomic E-state index is -0.0795. The van der Waals surface area contributed by atoms with Gasteiger partial charge in [0.15, 0.2) is 0 Å². The monoisotopic (exact) mass is 1240 g/mol. The summed E-state index contributed by atoms with van der Waals surface area (Å²) in [5.74, 6) is 2.05. The van der Waals surface area contributed by atoms with Crippen molar-refractivity contribution in [2.45, 2.75) is 172 Å². The molecule has 0 saturated heterocycles. The molecule has 0 N–H and O–H groups in total. The van der Waals surface area contributed by atoms with E-state index in [0.717, 1.165) is 19.3 Å². The normalized spacial score (nSPS) is 27.5. The van der Waals surface area contributed by atoms with Crippen LogP contribution in [0.4, 0.5) is 34.1 Å². The number of benzene rings is 12. The molecule has 9 atom stereocenters. The Morgan fingerprint density at radius 1 is 0.305 bits per heavy atom. The molecule has 3 fully saturated rings. The van der Waals surface area contributed by atoms with E-state index in [1.807, 2.05) is 0 Å². The summed E-state index contributed by atoms with van der Waals surface area (Å²) in [5, 5.41) is 10.5. The van der Waals surface area contributed by atoms with E-state index in [1.54, 1.807) is 0 Å². The molecule has 95 heavy (non-hydrogen) atoms. The van der Waals surface area contributed by atoms with Gasteiger partial charge in [0.2, 0.25) is 0 Å². The maximum absolute atomic E-state index is 2.76. The van der Waals surface area contributed by atoms with E-state index in [-0.39, 0.29) is 32.9 Å². The van der Waals surface area contributed by atoms with Gasteiger partial charge in [0.05, 0.1) is 16.6 Å². The van der Waals surface area contributed by atoms with Gasteiger partial charge in [-0.05, 0) is 286 Å². The van der Waals surface area contributed by atoms with Crippen molar-refractivity contribution in [3.63, 3.8) is 0 Å². The molecule has 0 spiro atoms. The van der Waals surface area contributed by atoms with E-state index in [0.29, 0.717) is 17.8 Å². The van der Waals surface area contributed by atoms with E-state index in [1.165, 1.54) is 196 Å². The molecule has 3 aliphatic heterocycles. The Labute approximate surface area is 564 Å². The molecule has 0 aromatic heterocycles. The molecule has 474 valence electrons. The van der Waals surface area contributed by atoms with Crippen molar-refractivity contribution in [3.8, 4) is 44.5 Å². The topological polar surface area (TPSA) is 9.72 Å². The van der Waals surface area contributed by atoms with Crippen LogP contribution < -0.4 is 14.7 Å². The highest BCUT2D eigenvalue weighted by Gasteiger charge is 2.62. The molecular weight excluding hydrogens is 1150 g/mol. The smallest absolute Gasteiger partial charge is 0.0518 e. The predicted octanol–water partition coefficient (Wildman–Crippen LogP) is 25.5. The van der Waals surface area contributed by atoms with Crippen LogP contribution in [-0.4, -0.2) is 16.6 Å². The Morgan fingerprint density at radius 3 is 1.00 bits per heavy atom. The van der Waals surface area contributed by atoms with Crippen LogP contribution in [-0.2, 0) is 16.2 Å². The van der Waals surface area contributed by atoms with Crippen molar-refractivity contribution >= 4 is 77.2 Å². The van der Waals surface area contributed by atoms with Gasteiger partial charge in [-0.1, -0.05) is 200 Å².